The lowest BCUT2D eigenvalue weighted by molar-refractivity contribution is -0.113. The molecule has 8 heteroatoms. The SMILES string of the molecule is COc1ccc(/C=C2/NC(=S)N(c3cccc(C)c3)C2=O)cc1COc1ccc(F)cc1Cl. The summed E-state index contributed by atoms with van der Waals surface area (Å²) in [5.74, 6) is 0.288. The van der Waals surface area contributed by atoms with E-state index in [4.69, 9.17) is 33.3 Å². The quantitative estimate of drug-likeness (QED) is 0.364. The third-order valence-electron chi connectivity index (χ3n) is 5.03. The summed E-state index contributed by atoms with van der Waals surface area (Å²) in [5, 5.41) is 3.49. The average molecular weight is 483 g/mol. The van der Waals surface area contributed by atoms with Crippen LogP contribution >= 0.6 is 23.8 Å². The van der Waals surface area contributed by atoms with Gasteiger partial charge < -0.3 is 14.8 Å². The molecule has 1 N–H and O–H groups in total. The molecule has 4 rings (SSSR count). The number of hydrogen-bond donors (Lipinski definition) is 1. The predicted octanol–water partition coefficient (Wildman–Crippen LogP) is 5.64. The molecule has 33 heavy (non-hydrogen) atoms. The molecule has 1 fully saturated rings. The zero-order valence-corrected chi connectivity index (χ0v) is 19.5. The Labute approximate surface area is 201 Å². The molecule has 1 aliphatic heterocycles. The molecule has 0 bridgehead atoms. The number of methoxy groups -OCH3 is 1. The van der Waals surface area contributed by atoms with E-state index in [1.54, 1.807) is 19.3 Å². The number of ether oxygens (including phenoxy) is 2. The van der Waals surface area contributed by atoms with Gasteiger partial charge in [-0.05, 0) is 78.8 Å². The summed E-state index contributed by atoms with van der Waals surface area (Å²) in [5.41, 5.74) is 3.59. The summed E-state index contributed by atoms with van der Waals surface area (Å²) in [7, 11) is 1.56. The molecule has 5 nitrogen and oxygen atoms in total. The Bertz CT molecular complexity index is 1280. The van der Waals surface area contributed by atoms with Crippen LogP contribution in [-0.2, 0) is 11.4 Å². The van der Waals surface area contributed by atoms with Gasteiger partial charge in [0.2, 0.25) is 0 Å². The zero-order valence-electron chi connectivity index (χ0n) is 17.9. The number of nitrogens with one attached hydrogen (secondary N) is 1. The maximum atomic E-state index is 13.3. The van der Waals surface area contributed by atoms with Crippen LogP contribution in [0.5, 0.6) is 11.5 Å². The summed E-state index contributed by atoms with van der Waals surface area (Å²) in [6.45, 7) is 2.10. The Morgan fingerprint density at radius 3 is 2.64 bits per heavy atom. The number of halogens is 2. The fourth-order valence-electron chi connectivity index (χ4n) is 3.45. The number of aryl methyl sites for hydroxylation is 1. The van der Waals surface area contributed by atoms with Gasteiger partial charge in [-0.15, -0.1) is 0 Å². The Kier molecular flexibility index (Phi) is 6.62. The first-order valence-electron chi connectivity index (χ1n) is 10.0. The molecule has 1 heterocycles. The minimum atomic E-state index is -0.440. The molecule has 0 unspecified atom stereocenters. The highest BCUT2D eigenvalue weighted by Gasteiger charge is 2.32. The summed E-state index contributed by atoms with van der Waals surface area (Å²) in [6, 6.07) is 17.0. The van der Waals surface area contributed by atoms with Gasteiger partial charge in [-0.2, -0.15) is 0 Å². The molecule has 1 aliphatic rings. The third kappa shape index (κ3) is 4.99. The Morgan fingerprint density at radius 2 is 1.91 bits per heavy atom. The highest BCUT2D eigenvalue weighted by atomic mass is 35.5. The van der Waals surface area contributed by atoms with Crippen molar-refractivity contribution in [3.05, 3.63) is 93.9 Å². The molecular formula is C25H20ClFN2O3S. The van der Waals surface area contributed by atoms with E-state index in [2.05, 4.69) is 5.32 Å². The smallest absolute Gasteiger partial charge is 0.281 e. The summed E-state index contributed by atoms with van der Waals surface area (Å²) in [6.07, 6.45) is 1.72. The number of benzene rings is 3. The van der Waals surface area contributed by atoms with Gasteiger partial charge in [0.05, 0.1) is 17.8 Å². The van der Waals surface area contributed by atoms with Crippen molar-refractivity contribution >= 4 is 46.6 Å². The number of carbonyl (C=O) groups excluding carboxylic acids is 1. The first-order valence-corrected chi connectivity index (χ1v) is 10.8. The molecule has 0 aromatic heterocycles. The minimum absolute atomic E-state index is 0.140. The van der Waals surface area contributed by atoms with Crippen molar-refractivity contribution in [2.75, 3.05) is 12.0 Å². The molecule has 3 aromatic rings. The number of carbonyl (C=O) groups is 1. The van der Waals surface area contributed by atoms with Crippen LogP contribution in [0.1, 0.15) is 16.7 Å². The number of anilines is 1. The Morgan fingerprint density at radius 1 is 1.12 bits per heavy atom. The van der Waals surface area contributed by atoms with Crippen LogP contribution in [0.25, 0.3) is 6.08 Å². The van der Waals surface area contributed by atoms with Crippen molar-refractivity contribution in [3.63, 3.8) is 0 Å². The normalized spacial score (nSPS) is 14.5. The minimum Gasteiger partial charge on any atom is -0.496 e. The first kappa shape index (κ1) is 22.8. The molecular weight excluding hydrogens is 463 g/mol. The van der Waals surface area contributed by atoms with E-state index in [1.165, 1.54) is 23.1 Å². The highest BCUT2D eigenvalue weighted by Crippen LogP contribution is 2.29. The number of rotatable bonds is 6. The molecule has 0 atom stereocenters. The van der Waals surface area contributed by atoms with Crippen LogP contribution in [0, 0.1) is 12.7 Å². The van der Waals surface area contributed by atoms with Crippen LogP contribution in [0.3, 0.4) is 0 Å². The van der Waals surface area contributed by atoms with E-state index in [-0.39, 0.29) is 17.5 Å². The monoisotopic (exact) mass is 482 g/mol. The number of amides is 1. The molecule has 0 radical (unpaired) electrons. The zero-order chi connectivity index (χ0) is 23.5. The van der Waals surface area contributed by atoms with E-state index in [0.717, 1.165) is 16.7 Å². The predicted molar refractivity (Wildman–Crippen MR) is 131 cm³/mol. The van der Waals surface area contributed by atoms with Crippen LogP contribution < -0.4 is 19.7 Å². The van der Waals surface area contributed by atoms with Crippen molar-refractivity contribution in [1.82, 2.24) is 5.32 Å². The molecule has 0 aliphatic carbocycles. The van der Waals surface area contributed by atoms with E-state index in [0.29, 0.717) is 28.0 Å². The maximum Gasteiger partial charge on any atom is 0.281 e. The van der Waals surface area contributed by atoms with Gasteiger partial charge in [-0.1, -0.05) is 29.8 Å². The Balaban J connectivity index is 1.58. The van der Waals surface area contributed by atoms with Crippen molar-refractivity contribution in [2.24, 2.45) is 0 Å². The van der Waals surface area contributed by atoms with E-state index < -0.39 is 5.82 Å². The second-order valence-corrected chi connectivity index (χ2v) is 8.20. The summed E-state index contributed by atoms with van der Waals surface area (Å²) < 4.78 is 24.5. The lowest BCUT2D eigenvalue weighted by atomic mass is 10.1. The van der Waals surface area contributed by atoms with E-state index in [1.807, 2.05) is 43.3 Å². The van der Waals surface area contributed by atoms with Crippen LogP contribution in [0.2, 0.25) is 5.02 Å². The van der Waals surface area contributed by atoms with Gasteiger partial charge in [0, 0.05) is 5.56 Å². The molecule has 0 spiro atoms. The molecule has 1 amide bonds. The van der Waals surface area contributed by atoms with E-state index >= 15 is 0 Å². The second-order valence-electron chi connectivity index (χ2n) is 7.40. The van der Waals surface area contributed by atoms with Crippen molar-refractivity contribution in [1.29, 1.82) is 0 Å². The van der Waals surface area contributed by atoms with Crippen molar-refractivity contribution < 1.29 is 18.7 Å². The largest absolute Gasteiger partial charge is 0.496 e. The number of nitrogens with zero attached hydrogens (tertiary/aromatic N) is 1. The van der Waals surface area contributed by atoms with Gasteiger partial charge in [-0.3, -0.25) is 9.69 Å². The van der Waals surface area contributed by atoms with Crippen LogP contribution in [-0.4, -0.2) is 18.1 Å². The van der Waals surface area contributed by atoms with Crippen molar-refractivity contribution in [3.8, 4) is 11.5 Å². The maximum absolute atomic E-state index is 13.3. The van der Waals surface area contributed by atoms with Gasteiger partial charge in [-0.25, -0.2) is 4.39 Å². The topological polar surface area (TPSA) is 50.8 Å². The van der Waals surface area contributed by atoms with Gasteiger partial charge in [0.25, 0.3) is 5.91 Å². The molecule has 168 valence electrons. The van der Waals surface area contributed by atoms with Crippen LogP contribution in [0.4, 0.5) is 10.1 Å². The highest BCUT2D eigenvalue weighted by molar-refractivity contribution is 7.80. The van der Waals surface area contributed by atoms with E-state index in [9.17, 15) is 9.18 Å². The number of thiocarbonyl (C=S) groups is 1. The summed E-state index contributed by atoms with van der Waals surface area (Å²) >= 11 is 11.4. The fourth-order valence-corrected chi connectivity index (χ4v) is 3.97. The Hall–Kier alpha value is -3.42. The lowest BCUT2D eigenvalue weighted by Crippen LogP contribution is -2.30. The summed E-state index contributed by atoms with van der Waals surface area (Å²) in [4.78, 5) is 14.5. The lowest BCUT2D eigenvalue weighted by Gasteiger charge is -2.14. The number of hydrogen-bond acceptors (Lipinski definition) is 4. The standard InChI is InChI=1S/C25H20ClFN2O3S/c1-15-4-3-5-19(10-15)29-24(30)21(28-25(29)33)12-16-6-8-22(31-2)17(11-16)14-32-23-9-7-18(27)13-20(23)26/h3-13H,14H2,1-2H3,(H,28,33)/b21-12+. The third-order valence-corrected chi connectivity index (χ3v) is 5.61. The van der Waals surface area contributed by atoms with Crippen LogP contribution in [0.15, 0.2) is 66.4 Å². The van der Waals surface area contributed by atoms with Gasteiger partial charge >= 0.3 is 0 Å². The molecule has 1 saturated heterocycles. The first-order chi connectivity index (χ1) is 15.9. The second kappa shape index (κ2) is 9.60. The van der Waals surface area contributed by atoms with Gasteiger partial charge in [0.15, 0.2) is 5.11 Å². The molecule has 3 aromatic carbocycles. The molecule has 0 saturated carbocycles. The average Bonchev–Trinajstić information content (AvgIpc) is 3.06. The fraction of sp³-hybridized carbons (Fsp3) is 0.120. The van der Waals surface area contributed by atoms with Crippen molar-refractivity contribution in [2.45, 2.75) is 13.5 Å². The van der Waals surface area contributed by atoms with Gasteiger partial charge in [0.1, 0.15) is 29.6 Å².